The van der Waals surface area contributed by atoms with Crippen molar-refractivity contribution in [2.24, 2.45) is 12.0 Å². The summed E-state index contributed by atoms with van der Waals surface area (Å²) in [6.07, 6.45) is 4.28. The van der Waals surface area contributed by atoms with E-state index in [9.17, 15) is 0 Å². The SMILES string of the molecule is C=CCNC(=NCc1nnc(C)n1C)NCC1CCCN1Cc1ccccc1. The van der Waals surface area contributed by atoms with Gasteiger partial charge in [0.05, 0.1) is 0 Å². The summed E-state index contributed by atoms with van der Waals surface area (Å²) in [5, 5.41) is 15.1. The van der Waals surface area contributed by atoms with Gasteiger partial charge >= 0.3 is 0 Å². The van der Waals surface area contributed by atoms with E-state index in [2.05, 4.69) is 67.6 Å². The molecule has 1 aliphatic heterocycles. The molecule has 2 N–H and O–H groups in total. The van der Waals surface area contributed by atoms with Crippen molar-refractivity contribution in [1.29, 1.82) is 0 Å². The highest BCUT2D eigenvalue weighted by molar-refractivity contribution is 5.79. The lowest BCUT2D eigenvalue weighted by Crippen LogP contribution is -2.44. The van der Waals surface area contributed by atoms with E-state index in [0.717, 1.165) is 37.2 Å². The third-order valence-electron chi connectivity index (χ3n) is 5.21. The number of aromatic nitrogens is 3. The second kappa shape index (κ2) is 10.0. The number of nitrogens with zero attached hydrogens (tertiary/aromatic N) is 5. The number of likely N-dealkylation sites (tertiary alicyclic amines) is 1. The molecule has 1 saturated heterocycles. The number of hydrogen-bond acceptors (Lipinski definition) is 4. The predicted molar refractivity (Wildman–Crippen MR) is 113 cm³/mol. The van der Waals surface area contributed by atoms with Crippen LogP contribution in [0.1, 0.15) is 30.1 Å². The fourth-order valence-corrected chi connectivity index (χ4v) is 3.45. The molecular formula is C21H31N7. The van der Waals surface area contributed by atoms with Crippen molar-refractivity contribution in [3.63, 3.8) is 0 Å². The summed E-state index contributed by atoms with van der Waals surface area (Å²) < 4.78 is 1.97. The molecule has 7 nitrogen and oxygen atoms in total. The van der Waals surface area contributed by atoms with Crippen molar-refractivity contribution in [3.8, 4) is 0 Å². The van der Waals surface area contributed by atoms with Crippen LogP contribution in [0.15, 0.2) is 48.0 Å². The van der Waals surface area contributed by atoms with Crippen LogP contribution in [0.3, 0.4) is 0 Å². The van der Waals surface area contributed by atoms with E-state index in [-0.39, 0.29) is 0 Å². The van der Waals surface area contributed by atoms with Gasteiger partial charge in [0.1, 0.15) is 12.4 Å². The van der Waals surface area contributed by atoms with Crippen LogP contribution in [0, 0.1) is 6.92 Å². The first-order chi connectivity index (χ1) is 13.7. The highest BCUT2D eigenvalue weighted by atomic mass is 15.3. The Hall–Kier alpha value is -2.67. The van der Waals surface area contributed by atoms with Crippen LogP contribution in [0.25, 0.3) is 0 Å². The Morgan fingerprint density at radius 2 is 2.11 bits per heavy atom. The first kappa shape index (κ1) is 20.1. The summed E-state index contributed by atoms with van der Waals surface area (Å²) in [4.78, 5) is 7.24. The zero-order valence-corrected chi connectivity index (χ0v) is 16.9. The molecule has 150 valence electrons. The maximum Gasteiger partial charge on any atom is 0.192 e. The van der Waals surface area contributed by atoms with Crippen molar-refractivity contribution in [1.82, 2.24) is 30.3 Å². The molecule has 0 spiro atoms. The van der Waals surface area contributed by atoms with Gasteiger partial charge in [0.25, 0.3) is 0 Å². The molecule has 0 aliphatic carbocycles. The topological polar surface area (TPSA) is 70.4 Å². The molecule has 0 bridgehead atoms. The summed E-state index contributed by atoms with van der Waals surface area (Å²) in [7, 11) is 1.96. The van der Waals surface area contributed by atoms with E-state index >= 15 is 0 Å². The van der Waals surface area contributed by atoms with Crippen molar-refractivity contribution in [2.45, 2.75) is 38.9 Å². The molecule has 2 aromatic rings. The van der Waals surface area contributed by atoms with Crippen LogP contribution >= 0.6 is 0 Å². The van der Waals surface area contributed by atoms with Crippen LogP contribution in [-0.2, 0) is 20.1 Å². The molecule has 7 heteroatoms. The van der Waals surface area contributed by atoms with E-state index in [1.165, 1.54) is 18.4 Å². The standard InChI is InChI=1S/C21H31N7/c1-4-12-22-21(24-15-20-26-25-17(2)27(20)3)23-14-19-11-8-13-28(19)16-18-9-6-5-7-10-18/h4-7,9-10,19H,1,8,11-16H2,2-3H3,(H2,22,23,24). The first-order valence-electron chi connectivity index (χ1n) is 9.93. The fourth-order valence-electron chi connectivity index (χ4n) is 3.45. The number of hydrogen-bond donors (Lipinski definition) is 2. The lowest BCUT2D eigenvalue weighted by molar-refractivity contribution is 0.245. The van der Waals surface area contributed by atoms with Gasteiger partial charge in [-0.2, -0.15) is 0 Å². The van der Waals surface area contributed by atoms with E-state index in [1.54, 1.807) is 0 Å². The zero-order chi connectivity index (χ0) is 19.8. The smallest absolute Gasteiger partial charge is 0.192 e. The highest BCUT2D eigenvalue weighted by Gasteiger charge is 2.24. The van der Waals surface area contributed by atoms with E-state index in [0.29, 0.717) is 19.1 Å². The second-order valence-electron chi connectivity index (χ2n) is 7.19. The molecule has 2 heterocycles. The number of aryl methyl sites for hydroxylation is 1. The van der Waals surface area contributed by atoms with Crippen LogP contribution in [0.2, 0.25) is 0 Å². The molecule has 1 aromatic heterocycles. The van der Waals surface area contributed by atoms with Crippen LogP contribution < -0.4 is 10.6 Å². The van der Waals surface area contributed by atoms with Crippen LogP contribution in [0.4, 0.5) is 0 Å². The number of benzene rings is 1. The summed E-state index contributed by atoms with van der Waals surface area (Å²) in [5.41, 5.74) is 1.37. The van der Waals surface area contributed by atoms with Crippen LogP contribution in [0.5, 0.6) is 0 Å². The van der Waals surface area contributed by atoms with Crippen molar-refractivity contribution in [3.05, 3.63) is 60.2 Å². The maximum absolute atomic E-state index is 4.68. The average molecular weight is 382 g/mol. The van der Waals surface area contributed by atoms with Crippen molar-refractivity contribution in [2.75, 3.05) is 19.6 Å². The van der Waals surface area contributed by atoms with Gasteiger partial charge in [-0.25, -0.2) is 4.99 Å². The number of aliphatic imine (C=N–C) groups is 1. The van der Waals surface area contributed by atoms with Gasteiger partial charge < -0.3 is 15.2 Å². The molecule has 3 rings (SSSR count). The monoisotopic (exact) mass is 381 g/mol. The third-order valence-corrected chi connectivity index (χ3v) is 5.21. The molecular weight excluding hydrogens is 350 g/mol. The predicted octanol–water partition coefficient (Wildman–Crippen LogP) is 2.01. The Kier molecular flexibility index (Phi) is 7.19. The Labute approximate surface area is 167 Å². The Morgan fingerprint density at radius 1 is 1.29 bits per heavy atom. The minimum Gasteiger partial charge on any atom is -0.355 e. The van der Waals surface area contributed by atoms with Gasteiger partial charge in [0, 0.05) is 32.7 Å². The summed E-state index contributed by atoms with van der Waals surface area (Å²) in [5.74, 6) is 2.53. The van der Waals surface area contributed by atoms with E-state index < -0.39 is 0 Å². The van der Waals surface area contributed by atoms with Gasteiger partial charge in [0.2, 0.25) is 0 Å². The number of nitrogens with one attached hydrogen (secondary N) is 2. The average Bonchev–Trinajstić information content (AvgIpc) is 3.29. The quantitative estimate of drug-likeness (QED) is 0.416. The first-order valence-corrected chi connectivity index (χ1v) is 9.93. The van der Waals surface area contributed by atoms with Gasteiger partial charge in [-0.1, -0.05) is 36.4 Å². The summed E-state index contributed by atoms with van der Waals surface area (Å²) >= 11 is 0. The zero-order valence-electron chi connectivity index (χ0n) is 16.9. The van der Waals surface area contributed by atoms with Crippen LogP contribution in [-0.4, -0.2) is 51.3 Å². The summed E-state index contributed by atoms with van der Waals surface area (Å²) in [6, 6.07) is 11.2. The van der Waals surface area contributed by atoms with Crippen molar-refractivity contribution < 1.29 is 0 Å². The minimum absolute atomic E-state index is 0.488. The van der Waals surface area contributed by atoms with E-state index in [1.807, 2.05) is 24.6 Å². The van der Waals surface area contributed by atoms with Crippen molar-refractivity contribution >= 4 is 5.96 Å². The van der Waals surface area contributed by atoms with Gasteiger partial charge in [-0.3, -0.25) is 4.90 Å². The van der Waals surface area contributed by atoms with Gasteiger partial charge in [0.15, 0.2) is 11.8 Å². The fraction of sp³-hybridized carbons (Fsp3) is 0.476. The second-order valence-corrected chi connectivity index (χ2v) is 7.19. The molecule has 1 atom stereocenters. The maximum atomic E-state index is 4.68. The Balaban J connectivity index is 1.58. The molecule has 0 amide bonds. The molecule has 1 unspecified atom stereocenters. The molecule has 0 saturated carbocycles. The number of guanidine groups is 1. The third kappa shape index (κ3) is 5.42. The highest BCUT2D eigenvalue weighted by Crippen LogP contribution is 2.19. The lowest BCUT2D eigenvalue weighted by atomic mass is 10.2. The number of rotatable bonds is 8. The molecule has 1 aliphatic rings. The van der Waals surface area contributed by atoms with E-state index in [4.69, 9.17) is 0 Å². The lowest BCUT2D eigenvalue weighted by Gasteiger charge is -2.25. The van der Waals surface area contributed by atoms with Gasteiger partial charge in [-0.05, 0) is 31.9 Å². The molecule has 28 heavy (non-hydrogen) atoms. The van der Waals surface area contributed by atoms with Gasteiger partial charge in [-0.15, -0.1) is 16.8 Å². The minimum atomic E-state index is 0.488. The Bertz CT molecular complexity index is 781. The molecule has 0 radical (unpaired) electrons. The largest absolute Gasteiger partial charge is 0.355 e. The Morgan fingerprint density at radius 3 is 2.82 bits per heavy atom. The summed E-state index contributed by atoms with van der Waals surface area (Å²) in [6.45, 7) is 9.89. The normalized spacial score (nSPS) is 17.6. The molecule has 1 aromatic carbocycles. The molecule has 1 fully saturated rings.